The fourth-order valence-electron chi connectivity index (χ4n) is 1.64. The van der Waals surface area contributed by atoms with Gasteiger partial charge in [-0.15, -0.1) is 5.10 Å². The van der Waals surface area contributed by atoms with Gasteiger partial charge in [-0.25, -0.2) is 0 Å². The Morgan fingerprint density at radius 3 is 2.53 bits per heavy atom. The van der Waals surface area contributed by atoms with E-state index in [-0.39, 0.29) is 5.90 Å². The molecule has 1 aliphatic rings. The quantitative estimate of drug-likeness (QED) is 0.173. The molecule has 8 heteroatoms. The Bertz CT molecular complexity index is 299. The van der Waals surface area contributed by atoms with Crippen molar-refractivity contribution in [1.82, 2.24) is 5.43 Å². The minimum atomic E-state index is -1.45. The second kappa shape index (κ2) is 7.61. The number of rotatable bonds is 5. The molecular weight excluding hydrogens is 256 g/mol. The van der Waals surface area contributed by atoms with Crippen LogP contribution in [0, 0.1) is 0 Å². The molecule has 0 amide bonds. The summed E-state index contributed by atoms with van der Waals surface area (Å²) in [6.45, 7) is 3.73. The summed E-state index contributed by atoms with van der Waals surface area (Å²) in [5.41, 5.74) is 2.75. The van der Waals surface area contributed by atoms with E-state index in [2.05, 4.69) is 10.5 Å². The summed E-state index contributed by atoms with van der Waals surface area (Å²) >= 11 is 0. The van der Waals surface area contributed by atoms with Crippen molar-refractivity contribution in [3.8, 4) is 0 Å². The Morgan fingerprint density at radius 2 is 1.95 bits per heavy atom. The highest BCUT2D eigenvalue weighted by atomic mass is 16.7. The van der Waals surface area contributed by atoms with Gasteiger partial charge >= 0.3 is 0 Å². The van der Waals surface area contributed by atoms with E-state index in [9.17, 15) is 15.3 Å². The lowest BCUT2D eigenvalue weighted by Crippen LogP contribution is -2.59. The molecule has 1 saturated heterocycles. The Kier molecular flexibility index (Phi) is 6.46. The maximum atomic E-state index is 9.72. The normalized spacial score (nSPS) is 36.1. The molecule has 1 aliphatic heterocycles. The zero-order chi connectivity index (χ0) is 14.4. The largest absolute Gasteiger partial charge is 0.447 e. The number of aliphatic hydroxyl groups excluding tert-OH is 4. The smallest absolute Gasteiger partial charge is 0.230 e. The van der Waals surface area contributed by atoms with Crippen LogP contribution in [0.15, 0.2) is 5.10 Å². The van der Waals surface area contributed by atoms with E-state index >= 15 is 0 Å². The third-order valence-electron chi connectivity index (χ3n) is 2.73. The number of nitrogens with one attached hydrogen (secondary N) is 1. The van der Waals surface area contributed by atoms with Crippen LogP contribution in [0.1, 0.15) is 20.3 Å². The number of ether oxygens (including phenoxy) is 2. The highest BCUT2D eigenvalue weighted by Gasteiger charge is 2.44. The van der Waals surface area contributed by atoms with Crippen LogP contribution < -0.4 is 5.43 Å². The van der Waals surface area contributed by atoms with E-state index in [1.54, 1.807) is 6.92 Å². The third-order valence-corrected chi connectivity index (χ3v) is 2.73. The van der Waals surface area contributed by atoms with Gasteiger partial charge in [0.25, 0.3) is 0 Å². The molecule has 0 unspecified atom stereocenters. The molecule has 0 aromatic rings. The number of hydrazone groups is 1. The second-order valence-electron chi connectivity index (χ2n) is 4.35. The van der Waals surface area contributed by atoms with Gasteiger partial charge in [0, 0.05) is 13.5 Å². The van der Waals surface area contributed by atoms with Crippen LogP contribution in [0.4, 0.5) is 0 Å². The van der Waals surface area contributed by atoms with Crippen molar-refractivity contribution in [1.29, 1.82) is 0 Å². The van der Waals surface area contributed by atoms with Gasteiger partial charge in [-0.2, -0.15) is 0 Å². The van der Waals surface area contributed by atoms with Crippen molar-refractivity contribution in [2.75, 3.05) is 13.2 Å². The highest BCUT2D eigenvalue weighted by molar-refractivity contribution is 5.72. The van der Waals surface area contributed by atoms with E-state index in [0.29, 0.717) is 6.54 Å². The van der Waals surface area contributed by atoms with Crippen molar-refractivity contribution in [3.63, 3.8) is 0 Å². The first-order chi connectivity index (χ1) is 9.01. The van der Waals surface area contributed by atoms with Gasteiger partial charge in [-0.1, -0.05) is 6.92 Å². The van der Waals surface area contributed by atoms with Gasteiger partial charge in [-0.3, -0.25) is 0 Å². The van der Waals surface area contributed by atoms with E-state index in [1.165, 1.54) is 0 Å². The van der Waals surface area contributed by atoms with Crippen LogP contribution in [0.5, 0.6) is 0 Å². The zero-order valence-corrected chi connectivity index (χ0v) is 11.1. The summed E-state index contributed by atoms with van der Waals surface area (Å²) in [4.78, 5) is 0. The summed E-state index contributed by atoms with van der Waals surface area (Å²) in [7, 11) is 0. The summed E-state index contributed by atoms with van der Waals surface area (Å²) in [6, 6.07) is 0. The molecule has 1 fully saturated rings. The molecule has 112 valence electrons. The molecule has 0 radical (unpaired) electrons. The molecule has 5 N–H and O–H groups in total. The van der Waals surface area contributed by atoms with Gasteiger partial charge in [0.1, 0.15) is 24.4 Å². The number of hydrogen-bond acceptors (Lipinski definition) is 8. The van der Waals surface area contributed by atoms with Gasteiger partial charge in [0.2, 0.25) is 12.2 Å². The van der Waals surface area contributed by atoms with Crippen molar-refractivity contribution in [2.45, 2.75) is 51.0 Å². The monoisotopic (exact) mass is 278 g/mol. The maximum Gasteiger partial charge on any atom is 0.230 e. The topological polar surface area (TPSA) is 124 Å². The molecule has 5 atom stereocenters. The number of hydrogen-bond donors (Lipinski definition) is 5. The molecule has 8 nitrogen and oxygen atoms in total. The van der Waals surface area contributed by atoms with Gasteiger partial charge < -0.3 is 35.3 Å². The molecule has 0 bridgehead atoms. The Hall–Kier alpha value is -0.930. The molecule has 19 heavy (non-hydrogen) atoms. The zero-order valence-electron chi connectivity index (χ0n) is 11.1. The van der Waals surface area contributed by atoms with Crippen LogP contribution in [0.2, 0.25) is 0 Å². The lowest BCUT2D eigenvalue weighted by molar-refractivity contribution is -0.281. The Morgan fingerprint density at radius 1 is 1.26 bits per heavy atom. The van der Waals surface area contributed by atoms with Crippen molar-refractivity contribution in [2.24, 2.45) is 5.10 Å². The fraction of sp³-hybridized carbons (Fsp3) is 0.909. The van der Waals surface area contributed by atoms with E-state index in [0.717, 1.165) is 6.42 Å². The minimum absolute atomic E-state index is 0.220. The average molecular weight is 278 g/mol. The standard InChI is InChI=1S/C11H22N2O6/c1-3-4-12-13-6(2)18-11-10(17)9(16)8(15)7(5-14)19-11/h7-12,14-17H,3-5H2,1-2H3/t7-,8+,9+,10-,11+/m1/s1. The molecule has 0 aromatic heterocycles. The summed E-state index contributed by atoms with van der Waals surface area (Å²) in [5, 5.41) is 41.8. The molecule has 0 aromatic carbocycles. The first kappa shape index (κ1) is 16.1. The lowest BCUT2D eigenvalue weighted by Gasteiger charge is -2.39. The summed E-state index contributed by atoms with van der Waals surface area (Å²) < 4.78 is 10.4. The first-order valence-corrected chi connectivity index (χ1v) is 6.25. The minimum Gasteiger partial charge on any atom is -0.447 e. The molecule has 0 aliphatic carbocycles. The first-order valence-electron chi connectivity index (χ1n) is 6.25. The molecule has 1 rings (SSSR count). The van der Waals surface area contributed by atoms with E-state index < -0.39 is 37.3 Å². The Labute approximate surface area is 111 Å². The van der Waals surface area contributed by atoms with Crippen LogP contribution in [-0.4, -0.2) is 70.2 Å². The average Bonchev–Trinajstić information content (AvgIpc) is 2.39. The van der Waals surface area contributed by atoms with E-state index in [4.69, 9.17) is 14.6 Å². The summed E-state index contributed by atoms with van der Waals surface area (Å²) in [5.74, 6) is 0.220. The fourth-order valence-corrected chi connectivity index (χ4v) is 1.64. The van der Waals surface area contributed by atoms with Gasteiger partial charge in [-0.05, 0) is 6.42 Å². The van der Waals surface area contributed by atoms with Crippen molar-refractivity contribution < 1.29 is 29.9 Å². The van der Waals surface area contributed by atoms with Crippen molar-refractivity contribution in [3.05, 3.63) is 0 Å². The summed E-state index contributed by atoms with van der Waals surface area (Å²) in [6.07, 6.45) is -5.55. The molecular formula is C11H22N2O6. The lowest BCUT2D eigenvalue weighted by atomic mass is 9.99. The third kappa shape index (κ3) is 4.29. The van der Waals surface area contributed by atoms with E-state index in [1.807, 2.05) is 6.92 Å². The van der Waals surface area contributed by atoms with Crippen LogP contribution in [0.3, 0.4) is 0 Å². The molecule has 0 spiro atoms. The maximum absolute atomic E-state index is 9.72. The molecule has 1 heterocycles. The van der Waals surface area contributed by atoms with Crippen LogP contribution in [0.25, 0.3) is 0 Å². The Balaban J connectivity index is 2.58. The predicted molar refractivity (Wildman–Crippen MR) is 66.3 cm³/mol. The van der Waals surface area contributed by atoms with Crippen LogP contribution in [-0.2, 0) is 9.47 Å². The highest BCUT2D eigenvalue weighted by Crippen LogP contribution is 2.21. The predicted octanol–water partition coefficient (Wildman–Crippen LogP) is -1.86. The SMILES string of the molecule is CCCNN=C(C)O[C@H]1O[C@H](CO)[C@H](O)[C@H](O)[C@H]1O. The number of aliphatic hydroxyl groups is 4. The molecule has 0 saturated carbocycles. The van der Waals surface area contributed by atoms with Crippen molar-refractivity contribution >= 4 is 5.90 Å². The van der Waals surface area contributed by atoms with Gasteiger partial charge in [0.15, 0.2) is 0 Å². The van der Waals surface area contributed by atoms with Crippen LogP contribution >= 0.6 is 0 Å². The second-order valence-corrected chi connectivity index (χ2v) is 4.35. The van der Waals surface area contributed by atoms with Gasteiger partial charge in [0.05, 0.1) is 6.61 Å². The number of nitrogens with zero attached hydrogens (tertiary/aromatic N) is 1.